The van der Waals surface area contributed by atoms with Crippen molar-refractivity contribution in [2.24, 2.45) is 0 Å². The van der Waals surface area contributed by atoms with E-state index < -0.39 is 10.0 Å². The van der Waals surface area contributed by atoms with Gasteiger partial charge in [0.2, 0.25) is 0 Å². The van der Waals surface area contributed by atoms with Crippen molar-refractivity contribution in [2.75, 3.05) is 4.72 Å². The summed E-state index contributed by atoms with van der Waals surface area (Å²) in [6.45, 7) is 1.96. The molecule has 1 aliphatic rings. The lowest BCUT2D eigenvalue weighted by Crippen LogP contribution is -2.19. The fourth-order valence-electron chi connectivity index (χ4n) is 2.75. The van der Waals surface area contributed by atoms with Crippen LogP contribution in [0.25, 0.3) is 22.0 Å². The number of nitrogens with zero attached hydrogens (tertiary/aromatic N) is 1. The lowest BCUT2D eigenvalue weighted by Gasteiger charge is -2.22. The molecule has 0 saturated heterocycles. The lowest BCUT2D eigenvalue weighted by molar-refractivity contribution is 0.601. The van der Waals surface area contributed by atoms with Gasteiger partial charge in [0, 0.05) is 22.7 Å². The first-order chi connectivity index (χ1) is 10.1. The number of nitrogens with one attached hydrogen (secondary N) is 1. The molecule has 0 spiro atoms. The van der Waals surface area contributed by atoms with Gasteiger partial charge in [-0.15, -0.1) is 0 Å². The van der Waals surface area contributed by atoms with Crippen molar-refractivity contribution in [3.05, 3.63) is 54.2 Å². The predicted octanol–water partition coefficient (Wildman–Crippen LogP) is 3.32. The third-order valence-corrected chi connectivity index (χ3v) is 5.10. The average molecular weight is 296 g/mol. The zero-order chi connectivity index (χ0) is 14.6. The van der Waals surface area contributed by atoms with E-state index in [1.165, 1.54) is 0 Å². The topological polar surface area (TPSA) is 59.1 Å². The molecule has 0 saturated carbocycles. The number of sulfonamides is 1. The molecule has 0 unspecified atom stereocenters. The van der Waals surface area contributed by atoms with Crippen molar-refractivity contribution in [2.45, 2.75) is 11.8 Å². The van der Waals surface area contributed by atoms with Gasteiger partial charge in [0.1, 0.15) is 0 Å². The van der Waals surface area contributed by atoms with E-state index in [2.05, 4.69) is 9.71 Å². The van der Waals surface area contributed by atoms with E-state index in [1.54, 1.807) is 18.3 Å². The van der Waals surface area contributed by atoms with E-state index in [0.717, 1.165) is 22.1 Å². The van der Waals surface area contributed by atoms with Gasteiger partial charge in [-0.2, -0.15) is 0 Å². The normalized spacial score (nSPS) is 15.1. The number of anilines is 1. The molecule has 4 rings (SSSR count). The number of pyridine rings is 1. The molecule has 1 N–H and O–H groups in total. The van der Waals surface area contributed by atoms with Crippen molar-refractivity contribution >= 4 is 26.6 Å². The zero-order valence-corrected chi connectivity index (χ0v) is 12.1. The molecule has 0 aliphatic carbocycles. The minimum Gasteiger partial charge on any atom is -0.277 e. The summed E-state index contributed by atoms with van der Waals surface area (Å²) in [7, 11) is -3.55. The fourth-order valence-corrected chi connectivity index (χ4v) is 4.06. The maximum atomic E-state index is 12.4. The van der Waals surface area contributed by atoms with Crippen LogP contribution < -0.4 is 4.72 Å². The van der Waals surface area contributed by atoms with Gasteiger partial charge >= 0.3 is 0 Å². The highest BCUT2D eigenvalue weighted by molar-refractivity contribution is 7.93. The molecule has 0 bridgehead atoms. The number of hydrogen-bond donors (Lipinski definition) is 1. The van der Waals surface area contributed by atoms with E-state index >= 15 is 0 Å². The molecule has 0 fully saturated rings. The Morgan fingerprint density at radius 3 is 2.71 bits per heavy atom. The molecule has 21 heavy (non-hydrogen) atoms. The third-order valence-electron chi connectivity index (χ3n) is 3.69. The van der Waals surface area contributed by atoms with Gasteiger partial charge in [-0.25, -0.2) is 8.42 Å². The predicted molar refractivity (Wildman–Crippen MR) is 82.7 cm³/mol. The highest BCUT2D eigenvalue weighted by atomic mass is 32.2. The average Bonchev–Trinajstić information content (AvgIpc) is 2.46. The van der Waals surface area contributed by atoms with Crippen LogP contribution in [0.4, 0.5) is 5.69 Å². The molecule has 4 nitrogen and oxygen atoms in total. The zero-order valence-electron chi connectivity index (χ0n) is 11.3. The standard InChI is InChI=1S/C16H12N2O2S/c1-10-8-11-6-7-13-12-4-2-3-5-14(12)21(19,20)18-16(13)15(11)17-9-10/h2-9,18H,1H3. The fraction of sp³-hybridized carbons (Fsp3) is 0.0625. The second-order valence-electron chi connectivity index (χ2n) is 5.17. The second-order valence-corrected chi connectivity index (χ2v) is 6.82. The van der Waals surface area contributed by atoms with E-state index in [4.69, 9.17) is 0 Å². The number of aryl methyl sites for hydroxylation is 1. The Kier molecular flexibility index (Phi) is 2.38. The summed E-state index contributed by atoms with van der Waals surface area (Å²) in [6.07, 6.45) is 1.75. The van der Waals surface area contributed by atoms with Gasteiger partial charge in [0.05, 0.1) is 16.1 Å². The number of hydrogen-bond acceptors (Lipinski definition) is 3. The minimum atomic E-state index is -3.55. The van der Waals surface area contributed by atoms with Crippen molar-refractivity contribution in [3.8, 4) is 11.1 Å². The van der Waals surface area contributed by atoms with E-state index in [1.807, 2.05) is 37.3 Å². The van der Waals surface area contributed by atoms with Crippen LogP contribution in [0.5, 0.6) is 0 Å². The van der Waals surface area contributed by atoms with Gasteiger partial charge in [0.15, 0.2) is 0 Å². The highest BCUT2D eigenvalue weighted by Crippen LogP contribution is 2.42. The molecule has 0 amide bonds. The first-order valence-electron chi connectivity index (χ1n) is 6.58. The third kappa shape index (κ3) is 1.74. The van der Waals surface area contributed by atoms with E-state index in [-0.39, 0.29) is 0 Å². The Bertz CT molecular complexity index is 994. The smallest absolute Gasteiger partial charge is 0.262 e. The Morgan fingerprint density at radius 2 is 1.86 bits per heavy atom. The quantitative estimate of drug-likeness (QED) is 0.692. The molecule has 1 aliphatic heterocycles. The van der Waals surface area contributed by atoms with Gasteiger partial charge < -0.3 is 0 Å². The van der Waals surface area contributed by atoms with Crippen LogP contribution >= 0.6 is 0 Å². The summed E-state index contributed by atoms with van der Waals surface area (Å²) >= 11 is 0. The molecular formula is C16H12N2O2S. The van der Waals surface area contributed by atoms with Gasteiger partial charge in [0.25, 0.3) is 10.0 Å². The molecule has 2 aromatic carbocycles. The molecule has 2 heterocycles. The van der Waals surface area contributed by atoms with Crippen LogP contribution in [0, 0.1) is 6.92 Å². The number of rotatable bonds is 0. The van der Waals surface area contributed by atoms with Crippen LogP contribution in [-0.4, -0.2) is 13.4 Å². The maximum Gasteiger partial charge on any atom is 0.262 e. The first-order valence-corrected chi connectivity index (χ1v) is 8.06. The Balaban J connectivity index is 2.15. The summed E-state index contributed by atoms with van der Waals surface area (Å²) in [6, 6.07) is 12.9. The molecule has 3 aromatic rings. The lowest BCUT2D eigenvalue weighted by atomic mass is 10.0. The Morgan fingerprint density at radius 1 is 1.05 bits per heavy atom. The number of aromatic nitrogens is 1. The van der Waals surface area contributed by atoms with Crippen LogP contribution in [0.1, 0.15) is 5.56 Å². The van der Waals surface area contributed by atoms with Crippen molar-refractivity contribution < 1.29 is 8.42 Å². The molecule has 0 radical (unpaired) electrons. The van der Waals surface area contributed by atoms with Gasteiger partial charge in [-0.05, 0) is 24.6 Å². The maximum absolute atomic E-state index is 12.4. The van der Waals surface area contributed by atoms with E-state index in [9.17, 15) is 8.42 Å². The van der Waals surface area contributed by atoms with Crippen LogP contribution in [-0.2, 0) is 10.0 Å². The summed E-state index contributed by atoms with van der Waals surface area (Å²) in [4.78, 5) is 4.71. The van der Waals surface area contributed by atoms with Crippen molar-refractivity contribution in [3.63, 3.8) is 0 Å². The second kappa shape index (κ2) is 4.05. The minimum absolute atomic E-state index is 0.309. The van der Waals surface area contributed by atoms with Gasteiger partial charge in [-0.1, -0.05) is 30.3 Å². The number of fused-ring (bicyclic) bond motifs is 5. The monoisotopic (exact) mass is 296 g/mol. The molecule has 1 aromatic heterocycles. The van der Waals surface area contributed by atoms with E-state index in [0.29, 0.717) is 16.1 Å². The summed E-state index contributed by atoms with van der Waals surface area (Å²) in [5.41, 5.74) is 3.86. The van der Waals surface area contributed by atoms with Crippen LogP contribution in [0.2, 0.25) is 0 Å². The highest BCUT2D eigenvalue weighted by Gasteiger charge is 2.28. The SMILES string of the molecule is Cc1cnc2c3c(ccc2c1)-c1ccccc1S(=O)(=O)N3. The Hall–Kier alpha value is -2.40. The first kappa shape index (κ1) is 12.3. The summed E-state index contributed by atoms with van der Waals surface area (Å²) in [5, 5.41) is 0.927. The molecule has 5 heteroatoms. The van der Waals surface area contributed by atoms with Crippen LogP contribution in [0.3, 0.4) is 0 Å². The van der Waals surface area contributed by atoms with Crippen LogP contribution in [0.15, 0.2) is 53.6 Å². The number of benzene rings is 2. The molecule has 104 valence electrons. The Labute approximate surface area is 122 Å². The summed E-state index contributed by atoms with van der Waals surface area (Å²) in [5.74, 6) is 0. The largest absolute Gasteiger partial charge is 0.277 e. The van der Waals surface area contributed by atoms with Crippen molar-refractivity contribution in [1.82, 2.24) is 4.98 Å². The van der Waals surface area contributed by atoms with Crippen molar-refractivity contribution in [1.29, 1.82) is 0 Å². The van der Waals surface area contributed by atoms with Gasteiger partial charge in [-0.3, -0.25) is 9.71 Å². The molecular weight excluding hydrogens is 284 g/mol. The molecule has 0 atom stereocenters. The summed E-state index contributed by atoms with van der Waals surface area (Å²) < 4.78 is 27.5.